The van der Waals surface area contributed by atoms with Crippen LogP contribution in [0.15, 0.2) is 60.8 Å². The molecule has 2 N–H and O–H groups in total. The summed E-state index contributed by atoms with van der Waals surface area (Å²) in [4.78, 5) is 16.2. The first-order valence-electron chi connectivity index (χ1n) is 8.03. The Kier molecular flexibility index (Phi) is 5.22. The number of halogens is 2. The lowest BCUT2D eigenvalue weighted by molar-refractivity contribution is 0.102. The zero-order valence-electron chi connectivity index (χ0n) is 14.1. The lowest BCUT2D eigenvalue weighted by atomic mass is 10.1. The van der Waals surface area contributed by atoms with E-state index in [1.807, 2.05) is 31.2 Å². The van der Waals surface area contributed by atoms with E-state index in [1.54, 1.807) is 6.07 Å². The molecule has 1 amide bonds. The second-order valence-electron chi connectivity index (χ2n) is 5.85. The number of rotatable bonds is 5. The van der Waals surface area contributed by atoms with Crippen molar-refractivity contribution in [1.82, 2.24) is 4.98 Å². The van der Waals surface area contributed by atoms with Gasteiger partial charge in [-0.1, -0.05) is 29.8 Å². The van der Waals surface area contributed by atoms with Gasteiger partial charge in [-0.2, -0.15) is 0 Å². The molecule has 6 heteroatoms. The summed E-state index contributed by atoms with van der Waals surface area (Å²) >= 11 is 0. The van der Waals surface area contributed by atoms with Gasteiger partial charge < -0.3 is 10.6 Å². The quantitative estimate of drug-likeness (QED) is 0.708. The number of pyridine rings is 1. The van der Waals surface area contributed by atoms with Gasteiger partial charge >= 0.3 is 0 Å². The van der Waals surface area contributed by atoms with Crippen LogP contribution < -0.4 is 10.6 Å². The van der Waals surface area contributed by atoms with Gasteiger partial charge in [-0.3, -0.25) is 4.79 Å². The molecule has 0 unspecified atom stereocenters. The van der Waals surface area contributed by atoms with Crippen LogP contribution in [0.4, 0.5) is 20.2 Å². The number of nitrogens with one attached hydrogen (secondary N) is 2. The topological polar surface area (TPSA) is 54.0 Å². The van der Waals surface area contributed by atoms with Gasteiger partial charge in [0.1, 0.15) is 17.3 Å². The van der Waals surface area contributed by atoms with Gasteiger partial charge in [0.25, 0.3) is 5.91 Å². The van der Waals surface area contributed by atoms with E-state index in [9.17, 15) is 13.6 Å². The molecule has 26 heavy (non-hydrogen) atoms. The molecule has 0 saturated heterocycles. The van der Waals surface area contributed by atoms with Gasteiger partial charge in [-0.25, -0.2) is 13.8 Å². The van der Waals surface area contributed by atoms with Crippen LogP contribution >= 0.6 is 0 Å². The van der Waals surface area contributed by atoms with Crippen molar-refractivity contribution in [2.24, 2.45) is 0 Å². The van der Waals surface area contributed by atoms with Gasteiger partial charge in [-0.05, 0) is 36.8 Å². The van der Waals surface area contributed by atoms with Gasteiger partial charge in [0.15, 0.2) is 0 Å². The number of carbonyl (C=O) groups excluding carboxylic acids is 1. The predicted octanol–water partition coefficient (Wildman–Crippen LogP) is 4.53. The average Bonchev–Trinajstić information content (AvgIpc) is 2.64. The molecule has 0 fully saturated rings. The Bertz CT molecular complexity index is 909. The van der Waals surface area contributed by atoms with Crippen molar-refractivity contribution < 1.29 is 13.6 Å². The maximum atomic E-state index is 13.6. The Hall–Kier alpha value is -3.28. The summed E-state index contributed by atoms with van der Waals surface area (Å²) in [5.74, 6) is -2.11. The van der Waals surface area contributed by atoms with Crippen molar-refractivity contribution in [3.05, 3.63) is 89.2 Å². The van der Waals surface area contributed by atoms with Crippen LogP contribution in [-0.4, -0.2) is 10.9 Å². The molecule has 4 nitrogen and oxygen atoms in total. The molecule has 2 aromatic carbocycles. The lowest BCUT2D eigenvalue weighted by Gasteiger charge is -2.08. The fourth-order valence-corrected chi connectivity index (χ4v) is 2.32. The van der Waals surface area contributed by atoms with Crippen molar-refractivity contribution in [2.75, 3.05) is 10.6 Å². The van der Waals surface area contributed by atoms with E-state index in [0.717, 1.165) is 17.3 Å². The standard InChI is InChI=1S/C20H17F2N3O/c1-13-2-4-14(5-3-13)11-23-16-7-9-19(24-12-16)20(26)25-18-8-6-15(21)10-17(18)22/h2-10,12,23H,11H2,1H3,(H,25,26). The first-order valence-corrected chi connectivity index (χ1v) is 8.03. The Morgan fingerprint density at radius 1 is 1.04 bits per heavy atom. The van der Waals surface area contributed by atoms with E-state index >= 15 is 0 Å². The molecule has 132 valence electrons. The number of benzene rings is 2. The zero-order chi connectivity index (χ0) is 18.5. The zero-order valence-corrected chi connectivity index (χ0v) is 14.1. The van der Waals surface area contributed by atoms with Crippen molar-refractivity contribution in [1.29, 1.82) is 0 Å². The third kappa shape index (κ3) is 4.42. The average molecular weight is 353 g/mol. The van der Waals surface area contributed by atoms with E-state index in [2.05, 4.69) is 15.6 Å². The number of hydrogen-bond acceptors (Lipinski definition) is 3. The minimum Gasteiger partial charge on any atom is -0.380 e. The van der Waals surface area contributed by atoms with Gasteiger partial charge in [0.05, 0.1) is 17.6 Å². The summed E-state index contributed by atoms with van der Waals surface area (Å²) in [6.45, 7) is 2.66. The molecule has 1 aromatic heterocycles. The van der Waals surface area contributed by atoms with Crippen LogP contribution in [0.2, 0.25) is 0 Å². The molecule has 0 radical (unpaired) electrons. The van der Waals surface area contributed by atoms with E-state index in [0.29, 0.717) is 12.6 Å². The molecular weight excluding hydrogens is 336 g/mol. The first-order chi connectivity index (χ1) is 12.5. The molecule has 0 aliphatic heterocycles. The summed E-state index contributed by atoms with van der Waals surface area (Å²) in [6.07, 6.45) is 1.53. The van der Waals surface area contributed by atoms with Crippen LogP contribution in [0.5, 0.6) is 0 Å². The fourth-order valence-electron chi connectivity index (χ4n) is 2.32. The Balaban J connectivity index is 1.61. The Morgan fingerprint density at radius 3 is 2.46 bits per heavy atom. The Labute approximate surface area is 149 Å². The van der Waals surface area contributed by atoms with Crippen LogP contribution in [0.1, 0.15) is 21.6 Å². The second-order valence-corrected chi connectivity index (χ2v) is 5.85. The maximum absolute atomic E-state index is 13.6. The molecule has 0 spiro atoms. The molecule has 0 bridgehead atoms. The highest BCUT2D eigenvalue weighted by atomic mass is 19.1. The van der Waals surface area contributed by atoms with E-state index in [-0.39, 0.29) is 11.4 Å². The minimum atomic E-state index is -0.838. The molecule has 0 saturated carbocycles. The monoisotopic (exact) mass is 353 g/mol. The summed E-state index contributed by atoms with van der Waals surface area (Å²) < 4.78 is 26.5. The number of aromatic nitrogens is 1. The summed E-state index contributed by atoms with van der Waals surface area (Å²) in [5.41, 5.74) is 3.12. The van der Waals surface area contributed by atoms with Crippen LogP contribution in [0, 0.1) is 18.6 Å². The normalized spacial score (nSPS) is 10.4. The molecule has 3 rings (SSSR count). The number of carbonyl (C=O) groups is 1. The van der Waals surface area contributed by atoms with Crippen molar-refractivity contribution in [3.8, 4) is 0 Å². The lowest BCUT2D eigenvalue weighted by Crippen LogP contribution is -2.14. The van der Waals surface area contributed by atoms with E-state index < -0.39 is 17.5 Å². The van der Waals surface area contributed by atoms with Gasteiger partial charge in [-0.15, -0.1) is 0 Å². The molecule has 0 aliphatic rings. The third-order valence-electron chi connectivity index (χ3n) is 3.79. The minimum absolute atomic E-state index is 0.0974. The highest BCUT2D eigenvalue weighted by Crippen LogP contribution is 2.16. The van der Waals surface area contributed by atoms with Crippen molar-refractivity contribution >= 4 is 17.3 Å². The van der Waals surface area contributed by atoms with Crippen LogP contribution in [0.25, 0.3) is 0 Å². The van der Waals surface area contributed by atoms with Gasteiger partial charge in [0.2, 0.25) is 0 Å². The molecule has 3 aromatic rings. The largest absolute Gasteiger partial charge is 0.380 e. The number of anilines is 2. The SMILES string of the molecule is Cc1ccc(CNc2ccc(C(=O)Nc3ccc(F)cc3F)nc2)cc1. The predicted molar refractivity (Wildman–Crippen MR) is 97.1 cm³/mol. The molecular formula is C20H17F2N3O. The fraction of sp³-hybridized carbons (Fsp3) is 0.100. The number of nitrogens with zero attached hydrogens (tertiary/aromatic N) is 1. The third-order valence-corrected chi connectivity index (χ3v) is 3.79. The Morgan fingerprint density at radius 2 is 1.81 bits per heavy atom. The summed E-state index contributed by atoms with van der Waals surface area (Å²) in [5, 5.41) is 5.59. The maximum Gasteiger partial charge on any atom is 0.274 e. The highest BCUT2D eigenvalue weighted by molar-refractivity contribution is 6.03. The van der Waals surface area contributed by atoms with Crippen LogP contribution in [0.3, 0.4) is 0 Å². The number of aryl methyl sites for hydroxylation is 1. The van der Waals surface area contributed by atoms with Crippen LogP contribution in [-0.2, 0) is 6.54 Å². The first kappa shape index (κ1) is 17.5. The smallest absolute Gasteiger partial charge is 0.274 e. The highest BCUT2D eigenvalue weighted by Gasteiger charge is 2.11. The molecule has 0 aliphatic carbocycles. The molecule has 0 atom stereocenters. The summed E-state index contributed by atoms with van der Waals surface area (Å²) in [7, 11) is 0. The molecule has 1 heterocycles. The van der Waals surface area contributed by atoms with Gasteiger partial charge in [0, 0.05) is 12.6 Å². The van der Waals surface area contributed by atoms with Crippen molar-refractivity contribution in [3.63, 3.8) is 0 Å². The van der Waals surface area contributed by atoms with Crippen molar-refractivity contribution in [2.45, 2.75) is 13.5 Å². The summed E-state index contributed by atoms with van der Waals surface area (Å²) in [6, 6.07) is 14.4. The van der Waals surface area contributed by atoms with E-state index in [1.165, 1.54) is 23.9 Å². The van der Waals surface area contributed by atoms with E-state index in [4.69, 9.17) is 0 Å². The number of hydrogen-bond donors (Lipinski definition) is 2. The second kappa shape index (κ2) is 7.74. The number of amides is 1.